The van der Waals surface area contributed by atoms with Gasteiger partial charge in [0.15, 0.2) is 0 Å². The largest absolute Gasteiger partial charge is 0.283 e. The number of nitrogens with one attached hydrogen (secondary N) is 1. The highest BCUT2D eigenvalue weighted by Gasteiger charge is 2.16. The minimum atomic E-state index is -0.361. The van der Waals surface area contributed by atoms with Crippen molar-refractivity contribution in [2.45, 2.75) is 6.92 Å². The summed E-state index contributed by atoms with van der Waals surface area (Å²) in [6.07, 6.45) is 1.46. The van der Waals surface area contributed by atoms with Crippen molar-refractivity contribution >= 4 is 68.3 Å². The molecule has 1 amide bonds. The van der Waals surface area contributed by atoms with Gasteiger partial charge in [0.05, 0.1) is 16.3 Å². The summed E-state index contributed by atoms with van der Waals surface area (Å²) in [5, 5.41) is 6.22. The molecule has 3 rings (SSSR count). The summed E-state index contributed by atoms with van der Waals surface area (Å²) in [5.41, 5.74) is 4.24. The van der Waals surface area contributed by atoms with Crippen molar-refractivity contribution in [2.24, 2.45) is 5.10 Å². The summed E-state index contributed by atoms with van der Waals surface area (Å²) in [6, 6.07) is 10.9. The molecule has 0 saturated heterocycles. The SMILES string of the molecule is Cc1ccc2c(Cl)c(C(=O)N/N=C/c3ccc(Cl)cc3Cl)sc2c1. The Kier molecular flexibility index (Phi) is 5.11. The molecule has 0 aliphatic rings. The van der Waals surface area contributed by atoms with Gasteiger partial charge in [-0.15, -0.1) is 11.3 Å². The van der Waals surface area contributed by atoms with Crippen LogP contribution in [0, 0.1) is 6.92 Å². The molecule has 1 N–H and O–H groups in total. The fourth-order valence-corrected chi connectivity index (χ4v) is 4.10. The number of hydrogen-bond acceptors (Lipinski definition) is 3. The first-order valence-corrected chi connectivity index (χ1v) is 8.88. The van der Waals surface area contributed by atoms with Crippen LogP contribution in [0.25, 0.3) is 10.1 Å². The van der Waals surface area contributed by atoms with Crippen LogP contribution in [0.15, 0.2) is 41.5 Å². The van der Waals surface area contributed by atoms with E-state index >= 15 is 0 Å². The van der Waals surface area contributed by atoms with Gasteiger partial charge in [0.1, 0.15) is 4.88 Å². The summed E-state index contributed by atoms with van der Waals surface area (Å²) < 4.78 is 0.967. The van der Waals surface area contributed by atoms with Crippen molar-refractivity contribution in [2.75, 3.05) is 0 Å². The zero-order valence-electron chi connectivity index (χ0n) is 12.4. The topological polar surface area (TPSA) is 41.5 Å². The van der Waals surface area contributed by atoms with Crippen LogP contribution < -0.4 is 5.43 Å². The van der Waals surface area contributed by atoms with E-state index in [0.29, 0.717) is 25.5 Å². The fourth-order valence-electron chi connectivity index (χ4n) is 2.14. The van der Waals surface area contributed by atoms with E-state index in [2.05, 4.69) is 10.5 Å². The van der Waals surface area contributed by atoms with E-state index in [-0.39, 0.29) is 5.91 Å². The molecule has 0 spiro atoms. The number of fused-ring (bicyclic) bond motifs is 1. The van der Waals surface area contributed by atoms with E-state index in [1.807, 2.05) is 25.1 Å². The maximum atomic E-state index is 12.3. The van der Waals surface area contributed by atoms with Gasteiger partial charge in [-0.2, -0.15) is 5.10 Å². The monoisotopic (exact) mass is 396 g/mol. The number of hydrogen-bond donors (Lipinski definition) is 1. The van der Waals surface area contributed by atoms with Crippen molar-refractivity contribution in [1.29, 1.82) is 0 Å². The number of benzene rings is 2. The lowest BCUT2D eigenvalue weighted by atomic mass is 10.2. The van der Waals surface area contributed by atoms with Crippen molar-refractivity contribution in [3.63, 3.8) is 0 Å². The van der Waals surface area contributed by atoms with Crippen molar-refractivity contribution < 1.29 is 4.79 Å². The predicted octanol–water partition coefficient (Wildman–Crippen LogP) is 5.93. The molecule has 0 bridgehead atoms. The van der Waals surface area contributed by atoms with Crippen LogP contribution in [-0.4, -0.2) is 12.1 Å². The second kappa shape index (κ2) is 7.11. The van der Waals surface area contributed by atoms with Gasteiger partial charge in [-0.25, -0.2) is 5.43 Å². The number of carbonyl (C=O) groups excluding carboxylic acids is 1. The molecule has 122 valence electrons. The van der Waals surface area contributed by atoms with Gasteiger partial charge in [0.2, 0.25) is 0 Å². The van der Waals surface area contributed by atoms with Crippen molar-refractivity contribution in [3.05, 3.63) is 67.5 Å². The first kappa shape index (κ1) is 17.2. The summed E-state index contributed by atoms with van der Waals surface area (Å²) in [6.45, 7) is 1.99. The summed E-state index contributed by atoms with van der Waals surface area (Å²) in [7, 11) is 0. The number of thiophene rings is 1. The zero-order valence-corrected chi connectivity index (χ0v) is 15.5. The standard InChI is InChI=1S/C17H11Cl3N2OS/c1-9-2-5-12-14(6-9)24-16(15(12)20)17(23)22-21-8-10-3-4-11(18)7-13(10)19/h2-8H,1H3,(H,22,23)/b21-8+. The van der Waals surface area contributed by atoms with Crippen LogP contribution in [0.2, 0.25) is 15.1 Å². The van der Waals surface area contributed by atoms with Gasteiger partial charge in [0, 0.05) is 20.7 Å². The molecule has 0 saturated carbocycles. The Morgan fingerprint density at radius 2 is 1.96 bits per heavy atom. The van der Waals surface area contributed by atoms with E-state index in [1.165, 1.54) is 17.6 Å². The molecule has 3 nitrogen and oxygen atoms in total. The summed E-state index contributed by atoms with van der Waals surface area (Å²) in [4.78, 5) is 12.7. The molecule has 0 aliphatic heterocycles. The molecular formula is C17H11Cl3N2OS. The first-order valence-electron chi connectivity index (χ1n) is 6.93. The maximum absolute atomic E-state index is 12.3. The summed E-state index contributed by atoms with van der Waals surface area (Å²) >= 11 is 19.5. The quantitative estimate of drug-likeness (QED) is 0.431. The van der Waals surface area contributed by atoms with Gasteiger partial charge in [-0.3, -0.25) is 4.79 Å². The average Bonchev–Trinajstić information content (AvgIpc) is 2.85. The smallest absolute Gasteiger partial charge is 0.266 e. The molecule has 2 aromatic carbocycles. The molecule has 0 unspecified atom stereocenters. The Balaban J connectivity index is 1.80. The lowest BCUT2D eigenvalue weighted by Crippen LogP contribution is -2.16. The normalized spacial score (nSPS) is 11.3. The van der Waals surface area contributed by atoms with E-state index < -0.39 is 0 Å². The molecule has 1 heterocycles. The third-order valence-corrected chi connectivity index (χ3v) is 5.54. The number of halogens is 3. The number of amides is 1. The minimum Gasteiger partial charge on any atom is -0.266 e. The lowest BCUT2D eigenvalue weighted by molar-refractivity contribution is 0.0959. The zero-order chi connectivity index (χ0) is 17.3. The maximum Gasteiger partial charge on any atom is 0.283 e. The highest BCUT2D eigenvalue weighted by atomic mass is 35.5. The second-order valence-corrected chi connectivity index (χ2v) is 7.38. The number of carbonyl (C=O) groups is 1. The van der Waals surface area contributed by atoms with Gasteiger partial charge in [-0.1, -0.05) is 53.0 Å². The Hall–Kier alpha value is -1.59. The molecule has 7 heteroatoms. The van der Waals surface area contributed by atoms with Crippen LogP contribution in [0.4, 0.5) is 0 Å². The molecular weight excluding hydrogens is 387 g/mol. The highest BCUT2D eigenvalue weighted by molar-refractivity contribution is 7.21. The first-order chi connectivity index (χ1) is 11.5. The number of nitrogens with zero attached hydrogens (tertiary/aromatic N) is 1. The highest BCUT2D eigenvalue weighted by Crippen LogP contribution is 2.35. The van der Waals surface area contributed by atoms with E-state index in [4.69, 9.17) is 34.8 Å². The Morgan fingerprint density at radius 1 is 1.17 bits per heavy atom. The Bertz CT molecular complexity index is 966. The Morgan fingerprint density at radius 3 is 2.71 bits per heavy atom. The third kappa shape index (κ3) is 3.57. The van der Waals surface area contributed by atoms with E-state index in [9.17, 15) is 4.79 Å². The van der Waals surface area contributed by atoms with Crippen LogP contribution in [0.3, 0.4) is 0 Å². The fraction of sp³-hybridized carbons (Fsp3) is 0.0588. The lowest BCUT2D eigenvalue weighted by Gasteiger charge is -1.99. The van der Waals surface area contributed by atoms with Crippen LogP contribution >= 0.6 is 46.1 Å². The van der Waals surface area contributed by atoms with Gasteiger partial charge in [0.25, 0.3) is 5.91 Å². The average molecular weight is 398 g/mol. The molecule has 0 fully saturated rings. The van der Waals surface area contributed by atoms with Gasteiger partial charge >= 0.3 is 0 Å². The van der Waals surface area contributed by atoms with E-state index in [0.717, 1.165) is 15.6 Å². The summed E-state index contributed by atoms with van der Waals surface area (Å²) in [5.74, 6) is -0.361. The minimum absolute atomic E-state index is 0.361. The molecule has 0 aliphatic carbocycles. The van der Waals surface area contributed by atoms with Crippen LogP contribution in [0.5, 0.6) is 0 Å². The van der Waals surface area contributed by atoms with Crippen molar-refractivity contribution in [1.82, 2.24) is 5.43 Å². The molecule has 24 heavy (non-hydrogen) atoms. The number of rotatable bonds is 3. The second-order valence-electron chi connectivity index (χ2n) is 5.11. The number of hydrazone groups is 1. The van der Waals surface area contributed by atoms with E-state index in [1.54, 1.807) is 18.2 Å². The van der Waals surface area contributed by atoms with Crippen molar-refractivity contribution in [3.8, 4) is 0 Å². The Labute approximate surface area is 157 Å². The van der Waals surface area contributed by atoms with Crippen LogP contribution in [-0.2, 0) is 0 Å². The third-order valence-electron chi connectivity index (χ3n) is 3.32. The molecule has 1 aromatic heterocycles. The molecule has 0 atom stereocenters. The molecule has 0 radical (unpaired) electrons. The van der Waals surface area contributed by atoms with Gasteiger partial charge < -0.3 is 0 Å². The number of aryl methyl sites for hydroxylation is 1. The molecule has 3 aromatic rings. The predicted molar refractivity (Wildman–Crippen MR) is 103 cm³/mol. The van der Waals surface area contributed by atoms with Crippen LogP contribution in [0.1, 0.15) is 20.8 Å². The van der Waals surface area contributed by atoms with Gasteiger partial charge in [-0.05, 0) is 30.7 Å².